The van der Waals surface area contributed by atoms with Gasteiger partial charge in [0.1, 0.15) is 17.2 Å². The Balaban J connectivity index is 1.76. The molecule has 0 aliphatic carbocycles. The van der Waals surface area contributed by atoms with Crippen LogP contribution < -0.4 is 5.32 Å². The van der Waals surface area contributed by atoms with Crippen LogP contribution in [0.4, 0.5) is 5.82 Å². The van der Waals surface area contributed by atoms with Gasteiger partial charge in [0.2, 0.25) is 5.89 Å². The lowest BCUT2D eigenvalue weighted by molar-refractivity contribution is 0.369. The van der Waals surface area contributed by atoms with Crippen molar-refractivity contribution in [3.05, 3.63) is 29.3 Å². The van der Waals surface area contributed by atoms with E-state index in [9.17, 15) is 0 Å². The average molecular weight is 282 g/mol. The molecule has 0 aliphatic heterocycles. The third-order valence-corrected chi connectivity index (χ3v) is 2.80. The van der Waals surface area contributed by atoms with Crippen molar-refractivity contribution >= 4 is 17.4 Å². The van der Waals surface area contributed by atoms with Crippen LogP contribution in [0.25, 0.3) is 0 Å². The summed E-state index contributed by atoms with van der Waals surface area (Å²) < 4.78 is 5.16. The topological polar surface area (TPSA) is 76.7 Å². The predicted molar refractivity (Wildman–Crippen MR) is 72.2 cm³/mol. The van der Waals surface area contributed by atoms with Crippen molar-refractivity contribution < 1.29 is 4.52 Å². The number of nitrogens with one attached hydrogen (secondary N) is 1. The second kappa shape index (κ2) is 6.47. The maximum Gasteiger partial charge on any atom is 0.226 e. The summed E-state index contributed by atoms with van der Waals surface area (Å²) in [6.45, 7) is 4.80. The molecule has 2 aromatic heterocycles. The summed E-state index contributed by atoms with van der Waals surface area (Å²) in [4.78, 5) is 12.2. The van der Waals surface area contributed by atoms with Crippen molar-refractivity contribution in [3.8, 4) is 0 Å². The van der Waals surface area contributed by atoms with Crippen LogP contribution in [0, 0.1) is 0 Å². The Kier molecular flexibility index (Phi) is 4.68. The second-order valence-corrected chi connectivity index (χ2v) is 4.86. The van der Waals surface area contributed by atoms with Gasteiger partial charge in [-0.2, -0.15) is 4.98 Å². The van der Waals surface area contributed by atoms with E-state index in [1.165, 1.54) is 6.33 Å². The maximum atomic E-state index is 5.93. The fourth-order valence-electron chi connectivity index (χ4n) is 1.49. The summed E-state index contributed by atoms with van der Waals surface area (Å²) in [6, 6.07) is 0. The van der Waals surface area contributed by atoms with Crippen LogP contribution in [-0.4, -0.2) is 26.7 Å². The monoisotopic (exact) mass is 281 g/mol. The highest BCUT2D eigenvalue weighted by molar-refractivity contribution is 6.32. The second-order valence-electron chi connectivity index (χ2n) is 4.45. The number of anilines is 1. The predicted octanol–water partition coefficient (Wildman–Crippen LogP) is 2.68. The molecule has 0 atom stereocenters. The summed E-state index contributed by atoms with van der Waals surface area (Å²) in [5, 5.41) is 7.57. The third kappa shape index (κ3) is 3.89. The molecule has 0 fully saturated rings. The molecular formula is C12H16ClN5O. The molecule has 0 radical (unpaired) electrons. The van der Waals surface area contributed by atoms with E-state index in [1.54, 1.807) is 6.20 Å². The Morgan fingerprint density at radius 1 is 1.42 bits per heavy atom. The zero-order valence-corrected chi connectivity index (χ0v) is 11.7. The highest BCUT2D eigenvalue weighted by Gasteiger charge is 2.09. The molecular weight excluding hydrogens is 266 g/mol. The molecule has 0 bridgehead atoms. The lowest BCUT2D eigenvalue weighted by Gasteiger charge is -2.04. The van der Waals surface area contributed by atoms with E-state index in [4.69, 9.17) is 16.1 Å². The van der Waals surface area contributed by atoms with Gasteiger partial charge in [-0.1, -0.05) is 30.6 Å². The van der Waals surface area contributed by atoms with E-state index in [0.29, 0.717) is 16.7 Å². The summed E-state index contributed by atoms with van der Waals surface area (Å²) in [5.41, 5.74) is 0. The molecule has 102 valence electrons. The lowest BCUT2D eigenvalue weighted by atomic mass is 10.2. The average Bonchev–Trinajstić information content (AvgIpc) is 2.85. The number of hydrogen-bond acceptors (Lipinski definition) is 6. The fraction of sp³-hybridized carbons (Fsp3) is 0.500. The summed E-state index contributed by atoms with van der Waals surface area (Å²) in [5.74, 6) is 2.35. The molecule has 19 heavy (non-hydrogen) atoms. The van der Waals surface area contributed by atoms with Crippen LogP contribution in [0.15, 0.2) is 17.0 Å². The van der Waals surface area contributed by atoms with Gasteiger partial charge in [0.05, 0.1) is 6.20 Å². The maximum absolute atomic E-state index is 5.93. The molecule has 7 heteroatoms. The summed E-state index contributed by atoms with van der Waals surface area (Å²) >= 11 is 5.93. The first-order valence-electron chi connectivity index (χ1n) is 6.18. The minimum absolute atomic E-state index is 0.287. The first-order chi connectivity index (χ1) is 9.16. The van der Waals surface area contributed by atoms with Gasteiger partial charge in [-0.25, -0.2) is 9.97 Å². The van der Waals surface area contributed by atoms with E-state index in [2.05, 4.69) is 25.4 Å². The lowest BCUT2D eigenvalue weighted by Crippen LogP contribution is -2.05. The quantitative estimate of drug-likeness (QED) is 0.820. The number of aromatic nitrogens is 4. The van der Waals surface area contributed by atoms with E-state index >= 15 is 0 Å². The smallest absolute Gasteiger partial charge is 0.226 e. The molecule has 0 saturated heterocycles. The van der Waals surface area contributed by atoms with Gasteiger partial charge in [-0.15, -0.1) is 0 Å². The molecule has 0 aliphatic rings. The van der Waals surface area contributed by atoms with Crippen molar-refractivity contribution in [2.75, 3.05) is 11.9 Å². The highest BCUT2D eigenvalue weighted by atomic mass is 35.5. The van der Waals surface area contributed by atoms with E-state index in [-0.39, 0.29) is 5.92 Å². The van der Waals surface area contributed by atoms with Crippen molar-refractivity contribution in [2.45, 2.75) is 32.6 Å². The number of nitrogens with zero attached hydrogens (tertiary/aromatic N) is 4. The zero-order chi connectivity index (χ0) is 13.7. The number of aryl methyl sites for hydroxylation is 1. The van der Waals surface area contributed by atoms with Crippen LogP contribution in [0.5, 0.6) is 0 Å². The minimum Gasteiger partial charge on any atom is -0.369 e. The summed E-state index contributed by atoms with van der Waals surface area (Å²) in [7, 11) is 0. The third-order valence-electron chi connectivity index (χ3n) is 2.53. The molecule has 0 aromatic carbocycles. The Hall–Kier alpha value is -1.69. The molecule has 0 saturated carbocycles. The summed E-state index contributed by atoms with van der Waals surface area (Å²) in [6.07, 6.45) is 4.61. The number of rotatable bonds is 6. The van der Waals surface area contributed by atoms with Gasteiger partial charge in [-0.05, 0) is 6.42 Å². The molecule has 2 heterocycles. The van der Waals surface area contributed by atoms with Gasteiger partial charge < -0.3 is 9.84 Å². The largest absolute Gasteiger partial charge is 0.369 e. The molecule has 2 aromatic rings. The SMILES string of the molecule is CC(C)c1noc(CCCNc2ncncc2Cl)n1. The van der Waals surface area contributed by atoms with Crippen molar-refractivity contribution in [1.82, 2.24) is 20.1 Å². The molecule has 0 unspecified atom stereocenters. The molecule has 6 nitrogen and oxygen atoms in total. The van der Waals surface area contributed by atoms with Crippen molar-refractivity contribution in [3.63, 3.8) is 0 Å². The molecule has 2 rings (SSSR count). The van der Waals surface area contributed by atoms with Gasteiger partial charge in [0, 0.05) is 18.9 Å². The van der Waals surface area contributed by atoms with Gasteiger partial charge >= 0.3 is 0 Å². The van der Waals surface area contributed by atoms with Crippen LogP contribution >= 0.6 is 11.6 Å². The Morgan fingerprint density at radius 3 is 2.95 bits per heavy atom. The van der Waals surface area contributed by atoms with Crippen LogP contribution in [0.3, 0.4) is 0 Å². The van der Waals surface area contributed by atoms with E-state index in [0.717, 1.165) is 25.2 Å². The fourth-order valence-corrected chi connectivity index (χ4v) is 1.67. The van der Waals surface area contributed by atoms with Crippen LogP contribution in [0.2, 0.25) is 5.02 Å². The van der Waals surface area contributed by atoms with E-state index < -0.39 is 0 Å². The molecule has 0 amide bonds. The minimum atomic E-state index is 0.287. The normalized spacial score (nSPS) is 10.9. The Morgan fingerprint density at radius 2 is 2.26 bits per heavy atom. The van der Waals surface area contributed by atoms with Crippen LogP contribution in [0.1, 0.15) is 37.9 Å². The zero-order valence-electron chi connectivity index (χ0n) is 10.9. The van der Waals surface area contributed by atoms with Crippen LogP contribution in [-0.2, 0) is 6.42 Å². The van der Waals surface area contributed by atoms with Gasteiger partial charge in [-0.3, -0.25) is 0 Å². The van der Waals surface area contributed by atoms with E-state index in [1.807, 2.05) is 13.8 Å². The molecule has 0 spiro atoms. The highest BCUT2D eigenvalue weighted by Crippen LogP contribution is 2.16. The molecule has 1 N–H and O–H groups in total. The first-order valence-corrected chi connectivity index (χ1v) is 6.56. The number of hydrogen-bond donors (Lipinski definition) is 1. The van der Waals surface area contributed by atoms with Gasteiger partial charge in [0.15, 0.2) is 5.82 Å². The first kappa shape index (κ1) is 13.7. The Labute approximate surface area is 116 Å². The standard InChI is InChI=1S/C12H16ClN5O/c1-8(2)11-17-10(19-18-11)4-3-5-15-12-9(13)6-14-7-16-12/h6-8H,3-5H2,1-2H3,(H,14,15,16). The Bertz CT molecular complexity index is 528. The van der Waals surface area contributed by atoms with Crippen molar-refractivity contribution in [1.29, 1.82) is 0 Å². The van der Waals surface area contributed by atoms with Crippen molar-refractivity contribution in [2.24, 2.45) is 0 Å². The van der Waals surface area contributed by atoms with Gasteiger partial charge in [0.25, 0.3) is 0 Å². The number of halogens is 1.